The van der Waals surface area contributed by atoms with Crippen molar-refractivity contribution >= 4 is 44.2 Å². The first-order valence-electron chi connectivity index (χ1n) is 14.4. The second-order valence-electron chi connectivity index (χ2n) is 12.4. The van der Waals surface area contributed by atoms with Gasteiger partial charge in [-0.15, -0.1) is 11.3 Å². The smallest absolute Gasteiger partial charge is 0.245 e. The number of nitrogens with zero attached hydrogens (tertiary/aromatic N) is 2. The minimum absolute atomic E-state index is 0.0892. The first-order valence-corrected chi connectivity index (χ1v) is 16.8. The van der Waals surface area contributed by atoms with E-state index in [4.69, 9.17) is 10.7 Å². The van der Waals surface area contributed by atoms with E-state index < -0.39 is 33.3 Å². The Labute approximate surface area is 241 Å². The lowest BCUT2D eigenvalue weighted by atomic mass is 9.93. The number of rotatable bonds is 14. The summed E-state index contributed by atoms with van der Waals surface area (Å²) in [6.45, 7) is 6.83. The normalized spacial score (nSPS) is 23.8. The third kappa shape index (κ3) is 8.05. The number of anilines is 1. The van der Waals surface area contributed by atoms with Crippen LogP contribution < -0.4 is 15.8 Å². The molecule has 0 bridgehead atoms. The van der Waals surface area contributed by atoms with Crippen molar-refractivity contribution in [2.45, 2.75) is 108 Å². The molecule has 3 amide bonds. The van der Waals surface area contributed by atoms with E-state index in [-0.39, 0.29) is 29.1 Å². The molecule has 222 valence electrons. The molecule has 2 aliphatic carbocycles. The summed E-state index contributed by atoms with van der Waals surface area (Å²) in [4.78, 5) is 43.9. The first-order chi connectivity index (χ1) is 18.9. The van der Waals surface area contributed by atoms with Crippen LogP contribution in [0.1, 0.15) is 90.7 Å². The van der Waals surface area contributed by atoms with Crippen molar-refractivity contribution in [2.24, 2.45) is 17.6 Å². The van der Waals surface area contributed by atoms with Crippen molar-refractivity contribution in [2.75, 3.05) is 11.9 Å². The molecular weight excluding hydrogens is 550 g/mol. The molecular formula is C28H43N5O5S2. The van der Waals surface area contributed by atoms with Gasteiger partial charge in [0.2, 0.25) is 27.7 Å². The average molecular weight is 594 g/mol. The van der Waals surface area contributed by atoms with Gasteiger partial charge < -0.3 is 16.0 Å². The molecule has 10 nitrogen and oxygen atoms in total. The summed E-state index contributed by atoms with van der Waals surface area (Å²) < 4.78 is 26.1. The molecule has 1 aromatic heterocycles. The van der Waals surface area contributed by atoms with E-state index in [1.54, 1.807) is 4.90 Å². The van der Waals surface area contributed by atoms with Crippen molar-refractivity contribution in [1.82, 2.24) is 14.6 Å². The maximum Gasteiger partial charge on any atom is 0.245 e. The molecule has 0 spiro atoms. The predicted molar refractivity (Wildman–Crippen MR) is 156 cm³/mol. The van der Waals surface area contributed by atoms with Gasteiger partial charge in [-0.05, 0) is 57.3 Å². The zero-order chi connectivity index (χ0) is 29.1. The van der Waals surface area contributed by atoms with Crippen LogP contribution in [0.15, 0.2) is 17.5 Å². The molecule has 2 heterocycles. The third-order valence-corrected chi connectivity index (χ3v) is 10.5. The largest absolute Gasteiger partial charge is 0.368 e. The number of hydrogen-bond acceptors (Lipinski definition) is 8. The number of carbonyl (C=O) groups excluding carboxylic acids is 3. The third-order valence-electron chi connectivity index (χ3n) is 7.86. The predicted octanol–water partition coefficient (Wildman–Crippen LogP) is 3.45. The van der Waals surface area contributed by atoms with Crippen LogP contribution in [-0.4, -0.2) is 59.9 Å². The molecule has 4 rings (SSSR count). The lowest BCUT2D eigenvalue weighted by Gasteiger charge is -2.27. The molecule has 40 heavy (non-hydrogen) atoms. The standard InChI is InChI=1S/C28H43N5O5S2/c1-28(2,3)23-17-39-27(31-23)30-21(26(36)33-15-9-12-22(33)24(29)34)11-8-6-4-5-7-10-18-16-20(18)25(35)32-40(37,38)19-13-14-19/h7,10,17-22H,4-6,8-9,11-16H2,1-3H3,(H2,29,34)(H,30,31)(H,32,35)/b10-7-/t18-,20+,21+,22+/m1/s1. The Morgan fingerprint density at radius 1 is 1.20 bits per heavy atom. The van der Waals surface area contributed by atoms with E-state index in [1.165, 1.54) is 11.3 Å². The van der Waals surface area contributed by atoms with E-state index in [0.29, 0.717) is 43.8 Å². The van der Waals surface area contributed by atoms with E-state index in [1.807, 2.05) is 11.5 Å². The number of primary amides is 1. The Bertz CT molecular complexity index is 1220. The van der Waals surface area contributed by atoms with Crippen molar-refractivity contribution in [3.8, 4) is 0 Å². The van der Waals surface area contributed by atoms with Gasteiger partial charge in [0.05, 0.1) is 10.9 Å². The fourth-order valence-corrected chi connectivity index (χ4v) is 7.43. The van der Waals surface area contributed by atoms with Crippen LogP contribution in [0.4, 0.5) is 5.13 Å². The van der Waals surface area contributed by atoms with Crippen molar-refractivity contribution in [1.29, 1.82) is 0 Å². The fraction of sp³-hybridized carbons (Fsp3) is 0.714. The van der Waals surface area contributed by atoms with Gasteiger partial charge >= 0.3 is 0 Å². The van der Waals surface area contributed by atoms with Gasteiger partial charge in [0, 0.05) is 23.3 Å². The van der Waals surface area contributed by atoms with E-state index in [2.05, 4.69) is 36.9 Å². The zero-order valence-electron chi connectivity index (χ0n) is 23.7. The highest BCUT2D eigenvalue weighted by Crippen LogP contribution is 2.40. The summed E-state index contributed by atoms with van der Waals surface area (Å²) in [7, 11) is -3.48. The van der Waals surface area contributed by atoms with E-state index >= 15 is 0 Å². The number of thiazole rings is 1. The number of aromatic nitrogens is 1. The van der Waals surface area contributed by atoms with Gasteiger partial charge in [-0.2, -0.15) is 0 Å². The number of likely N-dealkylation sites (tertiary alicyclic amines) is 1. The molecule has 0 radical (unpaired) electrons. The summed E-state index contributed by atoms with van der Waals surface area (Å²) in [6.07, 6.45) is 11.6. The number of amides is 3. The molecule has 1 aromatic rings. The molecule has 2 saturated carbocycles. The summed E-state index contributed by atoms with van der Waals surface area (Å²) >= 11 is 1.48. The maximum atomic E-state index is 13.5. The van der Waals surface area contributed by atoms with Crippen LogP contribution in [0.3, 0.4) is 0 Å². The number of nitrogens with one attached hydrogen (secondary N) is 2. The Balaban J connectivity index is 1.23. The van der Waals surface area contributed by atoms with Crippen molar-refractivity contribution in [3.63, 3.8) is 0 Å². The average Bonchev–Trinajstić information content (AvgIpc) is 3.77. The number of unbranched alkanes of at least 4 members (excludes halogenated alkanes) is 3. The SMILES string of the molecule is CC(C)(C)c1csc(N[C@@H](CCCCC/C=C\[C@@H]2C[C@@H]2C(=O)NS(=O)(=O)C2CC2)C(=O)N2CCC[C@H]2C(N)=O)n1. The van der Waals surface area contributed by atoms with Gasteiger partial charge in [0.25, 0.3) is 0 Å². The number of carbonyl (C=O) groups is 3. The van der Waals surface area contributed by atoms with Crippen LogP contribution in [0.25, 0.3) is 0 Å². The van der Waals surface area contributed by atoms with E-state index in [0.717, 1.165) is 37.8 Å². The molecule has 3 fully saturated rings. The Kier molecular flexibility index (Phi) is 9.59. The molecule has 12 heteroatoms. The summed E-state index contributed by atoms with van der Waals surface area (Å²) in [5, 5.41) is 5.67. The highest BCUT2D eigenvalue weighted by molar-refractivity contribution is 7.90. The topological polar surface area (TPSA) is 152 Å². The Morgan fingerprint density at radius 2 is 1.95 bits per heavy atom. The van der Waals surface area contributed by atoms with Crippen LogP contribution in [-0.2, 0) is 29.8 Å². The fourth-order valence-electron chi connectivity index (χ4n) is 5.08. The summed E-state index contributed by atoms with van der Waals surface area (Å²) in [5.74, 6) is -1.08. The quantitative estimate of drug-likeness (QED) is 0.221. The maximum absolute atomic E-state index is 13.5. The Hall–Kier alpha value is -2.47. The van der Waals surface area contributed by atoms with Gasteiger partial charge in [-0.1, -0.05) is 45.8 Å². The van der Waals surface area contributed by atoms with Crippen LogP contribution in [0, 0.1) is 11.8 Å². The second kappa shape index (κ2) is 12.6. The number of sulfonamides is 1. The van der Waals surface area contributed by atoms with Crippen LogP contribution >= 0.6 is 11.3 Å². The molecule has 1 aliphatic heterocycles. The van der Waals surface area contributed by atoms with Crippen molar-refractivity contribution in [3.05, 3.63) is 23.2 Å². The number of hydrogen-bond donors (Lipinski definition) is 3. The molecule has 0 unspecified atom stereocenters. The molecule has 4 N–H and O–H groups in total. The second-order valence-corrected chi connectivity index (χ2v) is 15.2. The Morgan fingerprint density at radius 3 is 2.60 bits per heavy atom. The first kappa shape index (κ1) is 30.5. The minimum atomic E-state index is -3.48. The lowest BCUT2D eigenvalue weighted by molar-refractivity contribution is -0.138. The van der Waals surface area contributed by atoms with Gasteiger partial charge in [0.15, 0.2) is 5.13 Å². The van der Waals surface area contributed by atoms with Crippen molar-refractivity contribution < 1.29 is 22.8 Å². The number of nitrogens with two attached hydrogens (primary N) is 1. The summed E-state index contributed by atoms with van der Waals surface area (Å²) in [5.41, 5.74) is 6.45. The molecule has 3 aliphatic rings. The molecule has 0 aromatic carbocycles. The molecule has 4 atom stereocenters. The van der Waals surface area contributed by atoms with Crippen LogP contribution in [0.2, 0.25) is 0 Å². The van der Waals surface area contributed by atoms with Crippen LogP contribution in [0.5, 0.6) is 0 Å². The minimum Gasteiger partial charge on any atom is -0.368 e. The van der Waals surface area contributed by atoms with Gasteiger partial charge in [0.1, 0.15) is 12.1 Å². The highest BCUT2D eigenvalue weighted by Gasteiger charge is 2.45. The summed E-state index contributed by atoms with van der Waals surface area (Å²) in [6, 6.07) is -1.03. The highest BCUT2D eigenvalue weighted by atomic mass is 32.2. The lowest BCUT2D eigenvalue weighted by Crippen LogP contribution is -2.49. The monoisotopic (exact) mass is 593 g/mol. The zero-order valence-corrected chi connectivity index (χ0v) is 25.4. The van der Waals surface area contributed by atoms with Gasteiger partial charge in [-0.25, -0.2) is 13.4 Å². The molecule has 1 saturated heterocycles. The van der Waals surface area contributed by atoms with E-state index in [9.17, 15) is 22.8 Å². The number of allylic oxidation sites excluding steroid dienone is 2. The van der Waals surface area contributed by atoms with Gasteiger partial charge in [-0.3, -0.25) is 19.1 Å².